The number of hydrogen-bond donors (Lipinski definition) is 2. The molecule has 2 aliphatic heterocycles. The molecule has 2 amide bonds. The van der Waals surface area contributed by atoms with Crippen molar-refractivity contribution >= 4 is 34.4 Å². The molecule has 8 nitrogen and oxygen atoms in total. The molecule has 9 heteroatoms. The minimum absolute atomic E-state index is 0.0228. The second-order valence-corrected chi connectivity index (χ2v) is 8.77. The van der Waals surface area contributed by atoms with Crippen molar-refractivity contribution in [2.45, 2.75) is 51.4 Å². The molecule has 0 radical (unpaired) electrons. The Morgan fingerprint density at radius 1 is 1.33 bits per heavy atom. The van der Waals surface area contributed by atoms with E-state index in [1.807, 2.05) is 29.2 Å². The molecular weight excluding hydrogens is 402 g/mol. The summed E-state index contributed by atoms with van der Waals surface area (Å²) >= 11 is 1.41. The molecule has 1 aromatic rings. The number of thioether (sulfide) groups is 1. The van der Waals surface area contributed by atoms with Crippen molar-refractivity contribution in [1.29, 1.82) is 0 Å². The number of amides is 2. The summed E-state index contributed by atoms with van der Waals surface area (Å²) in [6.45, 7) is 2.79. The number of fused-ring (bicyclic) bond motifs is 3. The lowest BCUT2D eigenvalue weighted by atomic mass is 9.81. The molecule has 2 heterocycles. The Morgan fingerprint density at radius 2 is 2.13 bits per heavy atom. The molecule has 162 valence electrons. The van der Waals surface area contributed by atoms with E-state index in [-0.39, 0.29) is 35.8 Å². The summed E-state index contributed by atoms with van der Waals surface area (Å²) in [6.07, 6.45) is 4.80. The van der Waals surface area contributed by atoms with Gasteiger partial charge in [0.1, 0.15) is 5.75 Å². The minimum Gasteiger partial charge on any atom is -0.495 e. The quantitative estimate of drug-likeness (QED) is 0.720. The third-order valence-corrected chi connectivity index (χ3v) is 6.89. The molecular formula is C21H29N5O3S. The van der Waals surface area contributed by atoms with Crippen molar-refractivity contribution in [3.63, 3.8) is 0 Å². The molecule has 0 spiro atoms. The number of hydrogen-bond acceptors (Lipinski definition) is 7. The maximum atomic E-state index is 13.1. The average Bonchev–Trinajstić information content (AvgIpc) is 3.19. The highest BCUT2D eigenvalue weighted by atomic mass is 32.2. The van der Waals surface area contributed by atoms with E-state index in [0.717, 1.165) is 37.3 Å². The number of benzene rings is 1. The van der Waals surface area contributed by atoms with E-state index in [1.54, 1.807) is 7.11 Å². The second-order valence-electron chi connectivity index (χ2n) is 7.83. The number of para-hydroxylation sites is 2. The topological polar surface area (TPSA) is 86.3 Å². The molecule has 0 bridgehead atoms. The molecule has 2 fully saturated rings. The first-order valence-corrected chi connectivity index (χ1v) is 11.6. The number of rotatable bonds is 6. The third-order valence-electron chi connectivity index (χ3n) is 5.92. The van der Waals surface area contributed by atoms with Crippen molar-refractivity contribution in [2.24, 2.45) is 11.0 Å². The number of ether oxygens (including phenoxy) is 1. The normalized spacial score (nSPS) is 25.2. The van der Waals surface area contributed by atoms with Crippen molar-refractivity contribution in [3.8, 4) is 5.75 Å². The Kier molecular flexibility index (Phi) is 6.36. The first kappa shape index (κ1) is 20.8. The first-order valence-electron chi connectivity index (χ1n) is 10.6. The van der Waals surface area contributed by atoms with Crippen LogP contribution in [-0.2, 0) is 9.59 Å². The molecule has 1 saturated carbocycles. The fourth-order valence-corrected chi connectivity index (χ4v) is 5.42. The second kappa shape index (κ2) is 9.16. The smallest absolute Gasteiger partial charge is 0.234 e. The van der Waals surface area contributed by atoms with E-state index in [0.29, 0.717) is 18.0 Å². The van der Waals surface area contributed by atoms with Crippen LogP contribution in [0.4, 0.5) is 5.69 Å². The van der Waals surface area contributed by atoms with E-state index in [9.17, 15) is 9.59 Å². The lowest BCUT2D eigenvalue weighted by Gasteiger charge is -2.50. The fraction of sp³-hybridized carbons (Fsp3) is 0.571. The van der Waals surface area contributed by atoms with E-state index >= 15 is 0 Å². The zero-order valence-corrected chi connectivity index (χ0v) is 18.3. The summed E-state index contributed by atoms with van der Waals surface area (Å²) in [6, 6.07) is 7.51. The van der Waals surface area contributed by atoms with Gasteiger partial charge < -0.3 is 19.9 Å². The number of anilines is 1. The van der Waals surface area contributed by atoms with Gasteiger partial charge in [-0.15, -0.1) is 0 Å². The van der Waals surface area contributed by atoms with Gasteiger partial charge in [0.05, 0.1) is 24.5 Å². The van der Waals surface area contributed by atoms with Crippen LogP contribution in [0.1, 0.15) is 39.0 Å². The SMILES string of the molecule is CCCN1C(=O)C2CCCCC2N2C(SCC(=O)Nc3ccccc3OC)=NNC12. The van der Waals surface area contributed by atoms with Gasteiger partial charge in [-0.25, -0.2) is 0 Å². The van der Waals surface area contributed by atoms with E-state index in [2.05, 4.69) is 27.7 Å². The van der Waals surface area contributed by atoms with Crippen LogP contribution in [0.2, 0.25) is 0 Å². The van der Waals surface area contributed by atoms with E-state index in [1.165, 1.54) is 11.8 Å². The summed E-state index contributed by atoms with van der Waals surface area (Å²) < 4.78 is 5.30. The maximum absolute atomic E-state index is 13.1. The highest BCUT2D eigenvalue weighted by Gasteiger charge is 2.50. The fourth-order valence-electron chi connectivity index (χ4n) is 4.59. The van der Waals surface area contributed by atoms with Gasteiger partial charge >= 0.3 is 0 Å². The zero-order valence-electron chi connectivity index (χ0n) is 17.5. The van der Waals surface area contributed by atoms with Crippen LogP contribution in [0.5, 0.6) is 5.75 Å². The van der Waals surface area contributed by atoms with Crippen LogP contribution < -0.4 is 15.5 Å². The molecule has 1 saturated heterocycles. The van der Waals surface area contributed by atoms with Crippen LogP contribution in [0.3, 0.4) is 0 Å². The van der Waals surface area contributed by atoms with Gasteiger partial charge in [0.25, 0.3) is 0 Å². The van der Waals surface area contributed by atoms with Gasteiger partial charge in [-0.05, 0) is 31.4 Å². The molecule has 1 aliphatic carbocycles. The lowest BCUT2D eigenvalue weighted by Crippen LogP contribution is -2.67. The summed E-state index contributed by atoms with van der Waals surface area (Å²) in [7, 11) is 1.58. The highest BCUT2D eigenvalue weighted by molar-refractivity contribution is 8.14. The van der Waals surface area contributed by atoms with Crippen LogP contribution in [-0.4, -0.2) is 58.5 Å². The molecule has 4 rings (SSSR count). The predicted molar refractivity (Wildman–Crippen MR) is 118 cm³/mol. The number of hydrazone groups is 1. The van der Waals surface area contributed by atoms with Crippen LogP contribution in [0, 0.1) is 5.92 Å². The monoisotopic (exact) mass is 431 g/mol. The Bertz CT molecular complexity index is 833. The predicted octanol–water partition coefficient (Wildman–Crippen LogP) is 2.64. The van der Waals surface area contributed by atoms with Gasteiger partial charge in [0.2, 0.25) is 11.8 Å². The Hall–Kier alpha value is -2.42. The lowest BCUT2D eigenvalue weighted by molar-refractivity contribution is -0.155. The molecule has 2 N–H and O–H groups in total. The molecule has 30 heavy (non-hydrogen) atoms. The maximum Gasteiger partial charge on any atom is 0.234 e. The third kappa shape index (κ3) is 3.95. The molecule has 1 aromatic carbocycles. The summed E-state index contributed by atoms with van der Waals surface area (Å²) in [4.78, 5) is 29.8. The van der Waals surface area contributed by atoms with Gasteiger partial charge in [-0.1, -0.05) is 43.7 Å². The van der Waals surface area contributed by atoms with Gasteiger partial charge in [0, 0.05) is 12.6 Å². The summed E-state index contributed by atoms with van der Waals surface area (Å²) in [5, 5.41) is 8.21. The van der Waals surface area contributed by atoms with Gasteiger partial charge in [0.15, 0.2) is 11.5 Å². The van der Waals surface area contributed by atoms with Crippen LogP contribution in [0.25, 0.3) is 0 Å². The average molecular weight is 432 g/mol. The molecule has 3 atom stereocenters. The number of nitrogens with one attached hydrogen (secondary N) is 2. The van der Waals surface area contributed by atoms with Crippen molar-refractivity contribution < 1.29 is 14.3 Å². The van der Waals surface area contributed by atoms with E-state index in [4.69, 9.17) is 4.74 Å². The van der Waals surface area contributed by atoms with Crippen molar-refractivity contribution in [3.05, 3.63) is 24.3 Å². The minimum atomic E-state index is -0.239. The number of amidine groups is 1. The Balaban J connectivity index is 1.43. The number of nitrogens with zero attached hydrogens (tertiary/aromatic N) is 3. The van der Waals surface area contributed by atoms with E-state index < -0.39 is 0 Å². The van der Waals surface area contributed by atoms with Crippen molar-refractivity contribution in [1.82, 2.24) is 15.2 Å². The van der Waals surface area contributed by atoms with Gasteiger partial charge in [-0.2, -0.15) is 5.10 Å². The van der Waals surface area contributed by atoms with Crippen molar-refractivity contribution in [2.75, 3.05) is 24.7 Å². The van der Waals surface area contributed by atoms with Gasteiger partial charge in [-0.3, -0.25) is 15.0 Å². The molecule has 3 unspecified atom stereocenters. The molecule has 3 aliphatic rings. The number of carbonyl (C=O) groups excluding carboxylic acids is 2. The highest BCUT2D eigenvalue weighted by Crippen LogP contribution is 2.38. The molecule has 0 aromatic heterocycles. The first-order chi connectivity index (χ1) is 14.6. The summed E-state index contributed by atoms with van der Waals surface area (Å²) in [5.41, 5.74) is 3.80. The van der Waals surface area contributed by atoms with Crippen LogP contribution in [0.15, 0.2) is 29.4 Å². The largest absolute Gasteiger partial charge is 0.495 e. The number of methoxy groups -OCH3 is 1. The standard InChI is InChI=1S/C21H29N5O3S/c1-3-12-25-19(28)14-8-4-6-10-16(14)26-20(25)23-24-21(26)30-13-18(27)22-15-9-5-7-11-17(15)29-2/h5,7,9,11,14,16,20,23H,3-4,6,8,10,12-13H2,1-2H3,(H,22,27). The Morgan fingerprint density at radius 3 is 2.93 bits per heavy atom. The Labute approximate surface area is 181 Å². The van der Waals surface area contributed by atoms with Crippen LogP contribution >= 0.6 is 11.8 Å². The summed E-state index contributed by atoms with van der Waals surface area (Å²) in [5.74, 6) is 1.02. The number of carbonyl (C=O) groups is 2. The zero-order chi connectivity index (χ0) is 21.1.